The van der Waals surface area contributed by atoms with Crippen molar-refractivity contribution < 1.29 is 9.59 Å². The molecule has 0 bridgehead atoms. The van der Waals surface area contributed by atoms with Gasteiger partial charge >= 0.3 is 0 Å². The molecule has 0 saturated heterocycles. The summed E-state index contributed by atoms with van der Waals surface area (Å²) in [4.78, 5) is 39.6. The van der Waals surface area contributed by atoms with Gasteiger partial charge in [0, 0.05) is 56.6 Å². The maximum atomic E-state index is 13.4. The molecule has 3 aromatic heterocycles. The minimum Gasteiger partial charge on any atom is -0.324 e. The Bertz CT molecular complexity index is 2120. The second-order valence-corrected chi connectivity index (χ2v) is 11.7. The monoisotopic (exact) mass is 682 g/mol. The van der Waals surface area contributed by atoms with Crippen LogP contribution in [0.5, 0.6) is 0 Å². The average Bonchev–Trinajstić information content (AvgIpc) is 3.41. The molecule has 10 nitrogen and oxygen atoms in total. The van der Waals surface area contributed by atoms with E-state index in [4.69, 9.17) is 34.8 Å². The summed E-state index contributed by atoms with van der Waals surface area (Å²) in [5, 5.41) is 9.12. The number of carbonyl (C=O) groups is 2. The first-order chi connectivity index (χ1) is 22.7. The van der Waals surface area contributed by atoms with Gasteiger partial charge in [-0.15, -0.1) is 0 Å². The van der Waals surface area contributed by atoms with Gasteiger partial charge in [-0.3, -0.25) is 25.4 Å². The molecule has 0 atom stereocenters. The van der Waals surface area contributed by atoms with Gasteiger partial charge in [-0.25, -0.2) is 14.6 Å². The summed E-state index contributed by atoms with van der Waals surface area (Å²) >= 11 is 18.8. The van der Waals surface area contributed by atoms with Crippen LogP contribution in [0.2, 0.25) is 15.1 Å². The topological polar surface area (TPSA) is 127 Å². The van der Waals surface area contributed by atoms with Crippen LogP contribution in [0.25, 0.3) is 28.2 Å². The highest BCUT2D eigenvalue weighted by molar-refractivity contribution is 6.35. The van der Waals surface area contributed by atoms with Crippen molar-refractivity contribution in [1.29, 1.82) is 0 Å². The predicted octanol–water partition coefficient (Wildman–Crippen LogP) is 7.79. The molecule has 0 fully saturated rings. The lowest BCUT2D eigenvalue weighted by Crippen LogP contribution is -2.42. The average molecular weight is 684 g/mol. The molecule has 0 radical (unpaired) electrons. The predicted molar refractivity (Wildman–Crippen MR) is 183 cm³/mol. The van der Waals surface area contributed by atoms with Crippen molar-refractivity contribution in [2.24, 2.45) is 0 Å². The van der Waals surface area contributed by atoms with Gasteiger partial charge in [0.2, 0.25) is 5.95 Å². The van der Waals surface area contributed by atoms with Crippen LogP contribution in [-0.4, -0.2) is 36.5 Å². The molecule has 0 unspecified atom stereocenters. The number of hydrogen-bond donors (Lipinski definition) is 3. The number of amides is 2. The Morgan fingerprint density at radius 3 is 2.30 bits per heavy atom. The van der Waals surface area contributed by atoms with E-state index in [1.807, 2.05) is 31.2 Å². The summed E-state index contributed by atoms with van der Waals surface area (Å²) in [6, 6.07) is 22.7. The van der Waals surface area contributed by atoms with Gasteiger partial charge in [0.05, 0.1) is 22.1 Å². The summed E-state index contributed by atoms with van der Waals surface area (Å²) in [6.07, 6.45) is 5.05. The Morgan fingerprint density at radius 1 is 0.787 bits per heavy atom. The van der Waals surface area contributed by atoms with E-state index < -0.39 is 11.8 Å². The van der Waals surface area contributed by atoms with E-state index in [9.17, 15) is 9.59 Å². The van der Waals surface area contributed by atoms with Gasteiger partial charge in [-0.2, -0.15) is 5.10 Å². The SMILES string of the molecule is Cc1ccc(C(=O)NNC(=O)c2nn(-c3ccc(Cl)cc3Cl)c(-c3ccc(Cl)cc3)c2C)cc1Nc1nccc(-c2cccnc2)n1. The minimum atomic E-state index is -0.624. The van der Waals surface area contributed by atoms with Gasteiger partial charge < -0.3 is 5.32 Å². The lowest BCUT2D eigenvalue weighted by Gasteiger charge is -2.12. The Hall–Kier alpha value is -5.29. The molecule has 13 heteroatoms. The first-order valence-electron chi connectivity index (χ1n) is 14.2. The number of halogens is 3. The Labute approximate surface area is 284 Å². The molecule has 3 N–H and O–H groups in total. The number of aromatic nitrogens is 5. The van der Waals surface area contributed by atoms with Crippen molar-refractivity contribution in [2.75, 3.05) is 5.32 Å². The van der Waals surface area contributed by atoms with Gasteiger partial charge in [0.1, 0.15) is 0 Å². The van der Waals surface area contributed by atoms with Gasteiger partial charge in [0.25, 0.3) is 11.8 Å². The molecule has 6 rings (SSSR count). The zero-order valence-corrected chi connectivity index (χ0v) is 27.2. The fraction of sp³-hybridized carbons (Fsp3) is 0.0588. The van der Waals surface area contributed by atoms with E-state index in [1.165, 1.54) is 0 Å². The van der Waals surface area contributed by atoms with E-state index in [-0.39, 0.29) is 5.69 Å². The number of rotatable bonds is 7. The number of anilines is 2. The van der Waals surface area contributed by atoms with Gasteiger partial charge in [-0.05, 0) is 80.1 Å². The molecule has 0 aliphatic heterocycles. The number of aryl methyl sites for hydroxylation is 1. The quantitative estimate of drug-likeness (QED) is 0.147. The Kier molecular flexibility index (Phi) is 9.17. The van der Waals surface area contributed by atoms with Gasteiger partial charge in [-0.1, -0.05) is 53.0 Å². The summed E-state index contributed by atoms with van der Waals surface area (Å²) < 4.78 is 1.57. The molecule has 3 aromatic carbocycles. The van der Waals surface area contributed by atoms with Crippen LogP contribution in [-0.2, 0) is 0 Å². The molecule has 47 heavy (non-hydrogen) atoms. The van der Waals surface area contributed by atoms with Crippen LogP contribution in [0.15, 0.2) is 97.5 Å². The van der Waals surface area contributed by atoms with E-state index in [2.05, 4.69) is 36.2 Å². The van der Waals surface area contributed by atoms with Crippen LogP contribution in [0, 0.1) is 13.8 Å². The summed E-state index contributed by atoms with van der Waals surface area (Å²) in [6.45, 7) is 3.65. The van der Waals surface area contributed by atoms with E-state index in [1.54, 1.807) is 84.8 Å². The van der Waals surface area contributed by atoms with Crippen molar-refractivity contribution in [3.8, 4) is 28.2 Å². The first-order valence-corrected chi connectivity index (χ1v) is 15.3. The number of carbonyl (C=O) groups excluding carboxylic acids is 2. The zero-order chi connectivity index (χ0) is 33.1. The van der Waals surface area contributed by atoms with Gasteiger partial charge in [0.15, 0.2) is 5.69 Å². The fourth-order valence-corrected chi connectivity index (χ4v) is 5.46. The number of benzene rings is 3. The third kappa shape index (κ3) is 6.95. The highest BCUT2D eigenvalue weighted by Gasteiger charge is 2.24. The van der Waals surface area contributed by atoms with Crippen molar-refractivity contribution >= 4 is 58.3 Å². The molecule has 6 aromatic rings. The Balaban J connectivity index is 1.22. The molecular formula is C34H25Cl3N8O2. The molecule has 0 spiro atoms. The van der Waals surface area contributed by atoms with Crippen molar-refractivity contribution in [2.45, 2.75) is 13.8 Å². The van der Waals surface area contributed by atoms with Crippen molar-refractivity contribution in [3.63, 3.8) is 0 Å². The molecule has 234 valence electrons. The van der Waals surface area contributed by atoms with Crippen LogP contribution >= 0.6 is 34.8 Å². The second-order valence-electron chi connectivity index (χ2n) is 10.4. The molecule has 0 aliphatic rings. The largest absolute Gasteiger partial charge is 0.324 e. The van der Waals surface area contributed by atoms with Crippen molar-refractivity contribution in [3.05, 3.63) is 135 Å². The number of hydrogen-bond acceptors (Lipinski definition) is 7. The first kappa shape index (κ1) is 31.7. The number of nitrogens with one attached hydrogen (secondary N) is 3. The van der Waals surface area contributed by atoms with Crippen LogP contribution in [0.4, 0.5) is 11.6 Å². The van der Waals surface area contributed by atoms with E-state index >= 15 is 0 Å². The summed E-state index contributed by atoms with van der Waals surface area (Å²) in [5.74, 6) is -0.813. The highest BCUT2D eigenvalue weighted by atomic mass is 35.5. The molecule has 0 aliphatic carbocycles. The molecule has 2 amide bonds. The second kappa shape index (κ2) is 13.6. The minimum absolute atomic E-state index is 0.0816. The highest BCUT2D eigenvalue weighted by Crippen LogP contribution is 2.33. The third-order valence-electron chi connectivity index (χ3n) is 7.24. The fourth-order valence-electron chi connectivity index (χ4n) is 4.84. The number of hydrazine groups is 1. The van der Waals surface area contributed by atoms with Crippen LogP contribution in [0.1, 0.15) is 32.0 Å². The lowest BCUT2D eigenvalue weighted by molar-refractivity contribution is 0.0843. The Morgan fingerprint density at radius 2 is 1.55 bits per heavy atom. The number of nitrogens with zero attached hydrogens (tertiary/aromatic N) is 5. The van der Waals surface area contributed by atoms with E-state index in [0.29, 0.717) is 54.9 Å². The maximum Gasteiger partial charge on any atom is 0.290 e. The molecular weight excluding hydrogens is 659 g/mol. The lowest BCUT2D eigenvalue weighted by atomic mass is 10.1. The normalized spacial score (nSPS) is 10.8. The number of pyridine rings is 1. The van der Waals surface area contributed by atoms with Crippen LogP contribution in [0.3, 0.4) is 0 Å². The zero-order valence-electron chi connectivity index (χ0n) is 24.9. The molecule has 3 heterocycles. The van der Waals surface area contributed by atoms with Crippen LogP contribution < -0.4 is 16.2 Å². The molecule has 0 saturated carbocycles. The maximum absolute atomic E-state index is 13.4. The standard InChI is InChI=1S/C34H25Cl3N8O2/c1-19-5-6-22(16-28(19)41-34-39-15-13-27(40-34)23-4-3-14-38-18-23)32(46)42-43-33(47)30-20(2)31(21-7-9-24(35)10-8-21)45(44-30)29-12-11-25(36)17-26(29)37/h3-18H,1-2H3,(H,42,46)(H,43,47)(H,39,40,41). The van der Waals surface area contributed by atoms with Crippen molar-refractivity contribution in [1.82, 2.24) is 35.6 Å². The third-order valence-corrected chi connectivity index (χ3v) is 8.03. The summed E-state index contributed by atoms with van der Waals surface area (Å²) in [7, 11) is 0. The van der Waals surface area contributed by atoms with E-state index in [0.717, 1.165) is 16.7 Å². The summed E-state index contributed by atoms with van der Waals surface area (Å²) in [5.41, 5.74) is 10.8. The smallest absolute Gasteiger partial charge is 0.290 e.